The summed E-state index contributed by atoms with van der Waals surface area (Å²) >= 11 is 0. The van der Waals surface area contributed by atoms with Crippen molar-refractivity contribution in [3.63, 3.8) is 0 Å². The van der Waals surface area contributed by atoms with Crippen molar-refractivity contribution in [1.82, 2.24) is 15.0 Å². The summed E-state index contributed by atoms with van der Waals surface area (Å²) in [6.07, 6.45) is 6.44. The SMILES string of the molecule is CC(C)CC(=O)N1CCCCC1c1nc(CCCc2ccccc2)no1. The minimum atomic E-state index is -0.0506. The van der Waals surface area contributed by atoms with Crippen LogP contribution in [0.1, 0.15) is 69.3 Å². The second-order valence-corrected chi connectivity index (χ2v) is 7.58. The Morgan fingerprint density at radius 3 is 2.81 bits per heavy atom. The van der Waals surface area contributed by atoms with Crippen LogP contribution >= 0.6 is 0 Å². The molecule has 2 heterocycles. The maximum absolute atomic E-state index is 12.6. The first-order valence-electron chi connectivity index (χ1n) is 9.79. The van der Waals surface area contributed by atoms with Crippen LogP contribution in [0.25, 0.3) is 0 Å². The first-order valence-corrected chi connectivity index (χ1v) is 9.79. The van der Waals surface area contributed by atoms with Gasteiger partial charge in [0.15, 0.2) is 5.82 Å². The van der Waals surface area contributed by atoms with Crippen LogP contribution in [-0.4, -0.2) is 27.5 Å². The highest BCUT2D eigenvalue weighted by atomic mass is 16.5. The minimum absolute atomic E-state index is 0.0506. The third-order valence-corrected chi connectivity index (χ3v) is 4.88. The largest absolute Gasteiger partial charge is 0.337 e. The summed E-state index contributed by atoms with van der Waals surface area (Å²) in [5.41, 5.74) is 1.33. The molecule has 3 rings (SSSR count). The standard InChI is InChI=1S/C21H29N3O2/c1-16(2)15-20(25)24-14-7-6-12-18(24)21-22-19(23-26-21)13-8-11-17-9-4-3-5-10-17/h3-5,9-10,16,18H,6-8,11-15H2,1-2H3. The predicted molar refractivity (Wildman–Crippen MR) is 101 cm³/mol. The number of aromatic nitrogens is 2. The molecular formula is C21H29N3O2. The van der Waals surface area contributed by atoms with Crippen molar-refractivity contribution in [3.8, 4) is 0 Å². The number of carbonyl (C=O) groups is 1. The first kappa shape index (κ1) is 18.6. The molecule has 1 atom stereocenters. The van der Waals surface area contributed by atoms with Crippen LogP contribution in [0.15, 0.2) is 34.9 Å². The number of benzene rings is 1. The summed E-state index contributed by atoms with van der Waals surface area (Å²) in [4.78, 5) is 19.1. The summed E-state index contributed by atoms with van der Waals surface area (Å²) in [5.74, 6) is 1.92. The smallest absolute Gasteiger partial charge is 0.249 e. The fourth-order valence-electron chi connectivity index (χ4n) is 3.55. The first-order chi connectivity index (χ1) is 12.6. The van der Waals surface area contributed by atoms with Crippen LogP contribution in [0.3, 0.4) is 0 Å². The lowest BCUT2D eigenvalue weighted by atomic mass is 10.00. The monoisotopic (exact) mass is 355 g/mol. The molecule has 5 nitrogen and oxygen atoms in total. The van der Waals surface area contributed by atoms with Gasteiger partial charge in [0.25, 0.3) is 0 Å². The number of nitrogens with zero attached hydrogens (tertiary/aromatic N) is 3. The van der Waals surface area contributed by atoms with Crippen LogP contribution in [0, 0.1) is 5.92 Å². The number of likely N-dealkylation sites (tertiary alicyclic amines) is 1. The Hall–Kier alpha value is -2.17. The topological polar surface area (TPSA) is 59.2 Å². The number of hydrogen-bond donors (Lipinski definition) is 0. The van der Waals surface area contributed by atoms with E-state index >= 15 is 0 Å². The molecule has 2 aromatic rings. The Morgan fingerprint density at radius 2 is 2.04 bits per heavy atom. The molecule has 0 radical (unpaired) electrons. The molecule has 26 heavy (non-hydrogen) atoms. The van der Waals surface area contributed by atoms with Crippen molar-refractivity contribution in [2.75, 3.05) is 6.54 Å². The quantitative estimate of drug-likeness (QED) is 0.741. The van der Waals surface area contributed by atoms with Gasteiger partial charge in [-0.3, -0.25) is 4.79 Å². The van der Waals surface area contributed by atoms with Crippen LogP contribution in [0.2, 0.25) is 0 Å². The zero-order chi connectivity index (χ0) is 18.4. The number of rotatable bonds is 7. The fourth-order valence-corrected chi connectivity index (χ4v) is 3.55. The molecule has 0 saturated carbocycles. The summed E-state index contributed by atoms with van der Waals surface area (Å²) in [6, 6.07) is 10.4. The van der Waals surface area contributed by atoms with Gasteiger partial charge in [-0.15, -0.1) is 0 Å². The van der Waals surface area contributed by atoms with Crippen molar-refractivity contribution in [3.05, 3.63) is 47.6 Å². The van der Waals surface area contributed by atoms with E-state index < -0.39 is 0 Å². The molecule has 140 valence electrons. The van der Waals surface area contributed by atoms with E-state index in [0.29, 0.717) is 18.2 Å². The van der Waals surface area contributed by atoms with Crippen molar-refractivity contribution < 1.29 is 9.32 Å². The Morgan fingerprint density at radius 1 is 1.23 bits per heavy atom. The maximum atomic E-state index is 12.6. The number of hydrogen-bond acceptors (Lipinski definition) is 4. The summed E-state index contributed by atoms with van der Waals surface area (Å²) in [5, 5.41) is 4.15. The molecule has 0 spiro atoms. The van der Waals surface area contributed by atoms with Crippen LogP contribution in [0.5, 0.6) is 0 Å². The van der Waals surface area contributed by atoms with E-state index in [1.807, 2.05) is 11.0 Å². The normalized spacial score (nSPS) is 17.7. The van der Waals surface area contributed by atoms with Crippen LogP contribution in [0.4, 0.5) is 0 Å². The van der Waals surface area contributed by atoms with Crippen molar-refractivity contribution in [1.29, 1.82) is 0 Å². The highest BCUT2D eigenvalue weighted by Gasteiger charge is 2.32. The van der Waals surface area contributed by atoms with Crippen molar-refractivity contribution >= 4 is 5.91 Å². The average Bonchev–Trinajstić information content (AvgIpc) is 3.11. The van der Waals surface area contributed by atoms with Gasteiger partial charge in [0.1, 0.15) is 6.04 Å². The molecule has 0 bridgehead atoms. The number of piperidine rings is 1. The van der Waals surface area contributed by atoms with Gasteiger partial charge in [-0.25, -0.2) is 0 Å². The van der Waals surface area contributed by atoms with E-state index in [-0.39, 0.29) is 11.9 Å². The van der Waals surface area contributed by atoms with Gasteiger partial charge in [0.05, 0.1) is 0 Å². The van der Waals surface area contributed by atoms with Crippen molar-refractivity contribution in [2.24, 2.45) is 5.92 Å². The minimum Gasteiger partial charge on any atom is -0.337 e. The average molecular weight is 355 g/mol. The summed E-state index contributed by atoms with van der Waals surface area (Å²) < 4.78 is 5.54. The Balaban J connectivity index is 1.59. The molecule has 1 aromatic carbocycles. The van der Waals surface area contributed by atoms with E-state index in [0.717, 1.165) is 50.9 Å². The van der Waals surface area contributed by atoms with Gasteiger partial charge in [-0.05, 0) is 43.6 Å². The zero-order valence-corrected chi connectivity index (χ0v) is 15.9. The zero-order valence-electron chi connectivity index (χ0n) is 15.9. The molecule has 1 saturated heterocycles. The van der Waals surface area contributed by atoms with Crippen molar-refractivity contribution in [2.45, 2.75) is 64.8 Å². The van der Waals surface area contributed by atoms with Crippen LogP contribution in [-0.2, 0) is 17.6 Å². The molecule has 1 aromatic heterocycles. The Kier molecular flexibility index (Phi) is 6.42. The summed E-state index contributed by atoms with van der Waals surface area (Å²) in [7, 11) is 0. The maximum Gasteiger partial charge on any atom is 0.249 e. The Bertz CT molecular complexity index is 696. The molecule has 1 aliphatic rings. The fraction of sp³-hybridized carbons (Fsp3) is 0.571. The number of amides is 1. The highest BCUT2D eigenvalue weighted by Crippen LogP contribution is 2.31. The van der Waals surface area contributed by atoms with Gasteiger partial charge in [-0.1, -0.05) is 49.3 Å². The van der Waals surface area contributed by atoms with Gasteiger partial charge in [-0.2, -0.15) is 4.98 Å². The molecule has 1 unspecified atom stereocenters. The molecular weight excluding hydrogens is 326 g/mol. The lowest BCUT2D eigenvalue weighted by molar-refractivity contribution is -0.136. The highest BCUT2D eigenvalue weighted by molar-refractivity contribution is 5.76. The molecule has 1 fully saturated rings. The van der Waals surface area contributed by atoms with E-state index in [1.54, 1.807) is 0 Å². The molecule has 0 N–H and O–H groups in total. The third-order valence-electron chi connectivity index (χ3n) is 4.88. The molecule has 1 aliphatic heterocycles. The second-order valence-electron chi connectivity index (χ2n) is 7.58. The summed E-state index contributed by atoms with van der Waals surface area (Å²) in [6.45, 7) is 4.95. The number of carbonyl (C=O) groups excluding carboxylic acids is 1. The third kappa shape index (κ3) is 4.93. The van der Waals surface area contributed by atoms with Gasteiger partial charge in [0.2, 0.25) is 11.8 Å². The van der Waals surface area contributed by atoms with Gasteiger partial charge < -0.3 is 9.42 Å². The lowest BCUT2D eigenvalue weighted by Crippen LogP contribution is -2.39. The predicted octanol–water partition coefficient (Wildman–Crippen LogP) is 4.34. The number of aryl methyl sites for hydroxylation is 2. The van der Waals surface area contributed by atoms with E-state index in [9.17, 15) is 4.79 Å². The Labute approximate surface area is 155 Å². The van der Waals surface area contributed by atoms with Gasteiger partial charge >= 0.3 is 0 Å². The van der Waals surface area contributed by atoms with E-state index in [4.69, 9.17) is 4.52 Å². The second kappa shape index (κ2) is 8.97. The molecule has 5 heteroatoms. The molecule has 0 aliphatic carbocycles. The van der Waals surface area contributed by atoms with E-state index in [2.05, 4.69) is 48.3 Å². The molecule has 1 amide bonds. The van der Waals surface area contributed by atoms with Crippen LogP contribution < -0.4 is 0 Å². The van der Waals surface area contributed by atoms with E-state index in [1.165, 1.54) is 5.56 Å². The lowest BCUT2D eigenvalue weighted by Gasteiger charge is -2.33. The van der Waals surface area contributed by atoms with Gasteiger partial charge in [0, 0.05) is 19.4 Å².